The van der Waals surface area contributed by atoms with Crippen molar-refractivity contribution in [1.82, 2.24) is 20.9 Å². The number of imide groups is 1. The number of carbonyl (C=O) groups is 3. The first-order valence-corrected chi connectivity index (χ1v) is 7.59. The molecule has 8 heteroatoms. The summed E-state index contributed by atoms with van der Waals surface area (Å²) in [4.78, 5) is 37.1. The van der Waals surface area contributed by atoms with Gasteiger partial charge in [0.2, 0.25) is 5.91 Å². The topological polar surface area (TPSA) is 99.8 Å². The predicted molar refractivity (Wildman–Crippen MR) is 79.1 cm³/mol. The Kier molecular flexibility index (Phi) is 5.36. The fourth-order valence-corrected chi connectivity index (χ4v) is 2.59. The predicted octanol–water partition coefficient (Wildman–Crippen LogP) is -0.941. The summed E-state index contributed by atoms with van der Waals surface area (Å²) in [5.74, 6) is -0.438. The van der Waals surface area contributed by atoms with Crippen LogP contribution < -0.4 is 16.0 Å². The molecule has 2 aliphatic rings. The Morgan fingerprint density at radius 1 is 1.36 bits per heavy atom. The van der Waals surface area contributed by atoms with Crippen LogP contribution in [0.15, 0.2) is 0 Å². The fraction of sp³-hybridized carbons (Fsp3) is 0.786. The van der Waals surface area contributed by atoms with E-state index < -0.39 is 11.6 Å². The van der Waals surface area contributed by atoms with Crippen molar-refractivity contribution in [3.05, 3.63) is 0 Å². The summed E-state index contributed by atoms with van der Waals surface area (Å²) in [6.07, 6.45) is 1.88. The minimum absolute atomic E-state index is 0.196. The van der Waals surface area contributed by atoms with Crippen LogP contribution in [0.3, 0.4) is 0 Å². The molecule has 0 aromatic heterocycles. The van der Waals surface area contributed by atoms with E-state index in [1.807, 2.05) is 0 Å². The van der Waals surface area contributed by atoms with Crippen molar-refractivity contribution in [2.75, 3.05) is 39.9 Å². The summed E-state index contributed by atoms with van der Waals surface area (Å²) in [5.41, 5.74) is -0.834. The molecule has 0 aromatic rings. The molecule has 2 rings (SSSR count). The average Bonchev–Trinajstić information content (AvgIpc) is 3.29. The summed E-state index contributed by atoms with van der Waals surface area (Å²) in [7, 11) is 1.62. The number of amides is 4. The first-order chi connectivity index (χ1) is 10.5. The lowest BCUT2D eigenvalue weighted by Gasteiger charge is -2.20. The molecule has 1 atom stereocenters. The largest absolute Gasteiger partial charge is 0.383 e. The highest BCUT2D eigenvalue weighted by atomic mass is 16.5. The smallest absolute Gasteiger partial charge is 0.325 e. The quantitative estimate of drug-likeness (QED) is 0.377. The molecule has 1 saturated carbocycles. The van der Waals surface area contributed by atoms with E-state index in [4.69, 9.17) is 4.74 Å². The number of nitrogens with one attached hydrogen (secondary N) is 3. The maximum absolute atomic E-state index is 12.3. The van der Waals surface area contributed by atoms with Crippen LogP contribution in [-0.2, 0) is 14.3 Å². The maximum atomic E-state index is 12.3. The second-order valence-electron chi connectivity index (χ2n) is 5.89. The molecular formula is C14H24N4O4. The Bertz CT molecular complexity index is 452. The molecule has 3 N–H and O–H groups in total. The van der Waals surface area contributed by atoms with Gasteiger partial charge in [0.25, 0.3) is 5.91 Å². The first kappa shape index (κ1) is 16.7. The second kappa shape index (κ2) is 7.06. The summed E-state index contributed by atoms with van der Waals surface area (Å²) in [6, 6.07) is -0.479. The highest BCUT2D eigenvalue weighted by molar-refractivity contribution is 6.09. The van der Waals surface area contributed by atoms with Gasteiger partial charge in [0, 0.05) is 26.7 Å². The van der Waals surface area contributed by atoms with Crippen molar-refractivity contribution in [1.29, 1.82) is 0 Å². The molecule has 0 bridgehead atoms. The number of hydrogen-bond acceptors (Lipinski definition) is 5. The van der Waals surface area contributed by atoms with Crippen molar-refractivity contribution in [2.24, 2.45) is 5.92 Å². The monoisotopic (exact) mass is 312 g/mol. The summed E-state index contributed by atoms with van der Waals surface area (Å²) < 4.78 is 4.89. The highest BCUT2D eigenvalue weighted by Gasteiger charge is 2.56. The van der Waals surface area contributed by atoms with Crippen molar-refractivity contribution in [3.8, 4) is 0 Å². The van der Waals surface area contributed by atoms with E-state index in [0.29, 0.717) is 26.2 Å². The third kappa shape index (κ3) is 3.75. The Balaban J connectivity index is 1.72. The van der Waals surface area contributed by atoms with Gasteiger partial charge in [0.05, 0.1) is 6.61 Å². The zero-order valence-corrected chi connectivity index (χ0v) is 13.1. The SMILES string of the molecule is COCCNCCNC(=O)CN1C(=O)NC(C)(C2CC2)C1=O. The molecule has 4 amide bonds. The number of rotatable bonds is 9. The van der Waals surface area contributed by atoms with Crippen LogP contribution in [0.5, 0.6) is 0 Å². The number of carbonyl (C=O) groups excluding carboxylic acids is 3. The number of urea groups is 1. The van der Waals surface area contributed by atoms with Crippen molar-refractivity contribution in [2.45, 2.75) is 25.3 Å². The van der Waals surface area contributed by atoms with Gasteiger partial charge in [-0.15, -0.1) is 0 Å². The lowest BCUT2D eigenvalue weighted by Crippen LogP contribution is -2.47. The fourth-order valence-electron chi connectivity index (χ4n) is 2.59. The van der Waals surface area contributed by atoms with Gasteiger partial charge < -0.3 is 20.7 Å². The van der Waals surface area contributed by atoms with E-state index in [1.54, 1.807) is 14.0 Å². The number of ether oxygens (including phenoxy) is 1. The lowest BCUT2D eigenvalue weighted by molar-refractivity contribution is -0.135. The van der Waals surface area contributed by atoms with Crippen LogP contribution in [0.1, 0.15) is 19.8 Å². The maximum Gasteiger partial charge on any atom is 0.325 e. The molecule has 2 fully saturated rings. The van der Waals surface area contributed by atoms with Crippen LogP contribution in [0.4, 0.5) is 4.79 Å². The normalized spacial score (nSPS) is 24.5. The van der Waals surface area contributed by atoms with Crippen LogP contribution in [0, 0.1) is 5.92 Å². The molecule has 1 unspecified atom stereocenters. The van der Waals surface area contributed by atoms with E-state index >= 15 is 0 Å². The molecule has 22 heavy (non-hydrogen) atoms. The highest BCUT2D eigenvalue weighted by Crippen LogP contribution is 2.42. The average molecular weight is 312 g/mol. The molecule has 8 nitrogen and oxygen atoms in total. The van der Waals surface area contributed by atoms with Crippen molar-refractivity contribution in [3.63, 3.8) is 0 Å². The molecule has 1 aliphatic carbocycles. The van der Waals surface area contributed by atoms with Crippen LogP contribution in [0.2, 0.25) is 0 Å². The van der Waals surface area contributed by atoms with Gasteiger partial charge >= 0.3 is 6.03 Å². The van der Waals surface area contributed by atoms with Crippen LogP contribution in [0.25, 0.3) is 0 Å². The van der Waals surface area contributed by atoms with Crippen molar-refractivity contribution >= 4 is 17.8 Å². The van der Waals surface area contributed by atoms with Gasteiger partial charge in [-0.25, -0.2) is 4.79 Å². The molecule has 1 aliphatic heterocycles. The van der Waals surface area contributed by atoms with E-state index in [9.17, 15) is 14.4 Å². The van der Waals surface area contributed by atoms with Crippen molar-refractivity contribution < 1.29 is 19.1 Å². The number of methoxy groups -OCH3 is 1. The standard InChI is InChI=1S/C14H24N4O4/c1-14(10-3-4-10)12(20)18(13(21)17-14)9-11(19)16-6-5-15-7-8-22-2/h10,15H,3-9H2,1-2H3,(H,16,19)(H,17,21). The van der Waals surface area contributed by atoms with Gasteiger partial charge in [-0.2, -0.15) is 0 Å². The second-order valence-corrected chi connectivity index (χ2v) is 5.89. The van der Waals surface area contributed by atoms with Crippen LogP contribution in [-0.4, -0.2) is 68.2 Å². The summed E-state index contributed by atoms with van der Waals surface area (Å²) >= 11 is 0. The number of hydrogen-bond donors (Lipinski definition) is 3. The summed E-state index contributed by atoms with van der Waals surface area (Å²) in [5, 5.41) is 8.49. The van der Waals surface area contributed by atoms with E-state index in [1.165, 1.54) is 0 Å². The number of nitrogens with zero attached hydrogens (tertiary/aromatic N) is 1. The zero-order valence-electron chi connectivity index (χ0n) is 13.1. The molecule has 0 spiro atoms. The molecule has 124 valence electrons. The molecule has 0 radical (unpaired) electrons. The lowest BCUT2D eigenvalue weighted by atomic mass is 9.96. The van der Waals surface area contributed by atoms with E-state index in [-0.39, 0.29) is 24.3 Å². The minimum atomic E-state index is -0.834. The van der Waals surface area contributed by atoms with Gasteiger partial charge in [-0.1, -0.05) is 0 Å². The summed E-state index contributed by atoms with van der Waals surface area (Å²) in [6.45, 7) is 3.87. The Hall–Kier alpha value is -1.67. The zero-order chi connectivity index (χ0) is 16.2. The third-order valence-corrected chi connectivity index (χ3v) is 4.10. The Morgan fingerprint density at radius 2 is 2.09 bits per heavy atom. The minimum Gasteiger partial charge on any atom is -0.383 e. The van der Waals surface area contributed by atoms with Gasteiger partial charge in [-0.3, -0.25) is 14.5 Å². The van der Waals surface area contributed by atoms with Crippen LogP contribution >= 0.6 is 0 Å². The van der Waals surface area contributed by atoms with E-state index in [0.717, 1.165) is 17.7 Å². The Morgan fingerprint density at radius 3 is 2.73 bits per heavy atom. The van der Waals surface area contributed by atoms with Gasteiger partial charge in [0.1, 0.15) is 12.1 Å². The van der Waals surface area contributed by atoms with Gasteiger partial charge in [-0.05, 0) is 25.7 Å². The Labute approximate surface area is 129 Å². The van der Waals surface area contributed by atoms with Gasteiger partial charge in [0.15, 0.2) is 0 Å². The molecule has 1 saturated heterocycles. The third-order valence-electron chi connectivity index (χ3n) is 4.10. The molecule has 1 heterocycles. The molecule has 0 aromatic carbocycles. The molecular weight excluding hydrogens is 288 g/mol. The first-order valence-electron chi connectivity index (χ1n) is 7.59. The van der Waals surface area contributed by atoms with E-state index in [2.05, 4.69) is 16.0 Å².